The predicted molar refractivity (Wildman–Crippen MR) is 47.0 cm³/mol. The van der Waals surface area contributed by atoms with Crippen LogP contribution in [0.4, 0.5) is 0 Å². The van der Waals surface area contributed by atoms with Crippen molar-refractivity contribution in [2.45, 2.75) is 27.2 Å². The number of Topliss-reactive ketones (excluding diaryl/α,β-unsaturated/α-hetero) is 1. The van der Waals surface area contributed by atoms with Crippen LogP contribution >= 0.6 is 0 Å². The molecule has 0 saturated carbocycles. The predicted octanol–water partition coefficient (Wildman–Crippen LogP) is 1.73. The van der Waals surface area contributed by atoms with E-state index in [1.807, 2.05) is 0 Å². The molecule has 2 N–H and O–H groups in total. The van der Waals surface area contributed by atoms with Crippen LogP contribution in [0.15, 0.2) is 22.7 Å². The third kappa shape index (κ3) is 1.58. The number of ketones is 1. The van der Waals surface area contributed by atoms with Crippen LogP contribution in [0.25, 0.3) is 0 Å². The van der Waals surface area contributed by atoms with E-state index >= 15 is 0 Å². The van der Waals surface area contributed by atoms with Crippen LogP contribution in [0.1, 0.15) is 27.2 Å². The molecule has 0 aromatic rings. The van der Waals surface area contributed by atoms with Gasteiger partial charge in [0.1, 0.15) is 0 Å². The first-order valence-corrected chi connectivity index (χ1v) is 4.03. The highest BCUT2D eigenvalue weighted by Gasteiger charge is 2.22. The summed E-state index contributed by atoms with van der Waals surface area (Å²) < 4.78 is 0. The Bertz CT molecular complexity index is 315. The summed E-state index contributed by atoms with van der Waals surface area (Å²) in [6, 6.07) is 0. The minimum absolute atomic E-state index is 0.159. The Morgan fingerprint density at radius 1 is 1.23 bits per heavy atom. The lowest BCUT2D eigenvalue weighted by Gasteiger charge is -2.17. The first-order valence-electron chi connectivity index (χ1n) is 4.03. The van der Waals surface area contributed by atoms with E-state index in [1.165, 1.54) is 6.92 Å². The van der Waals surface area contributed by atoms with Gasteiger partial charge in [-0.15, -0.1) is 0 Å². The average Bonchev–Trinajstić information content (AvgIpc) is 2.15. The molecule has 0 aromatic carbocycles. The van der Waals surface area contributed by atoms with Crippen molar-refractivity contribution < 1.29 is 15.1 Å². The number of rotatable bonds is 0. The van der Waals surface area contributed by atoms with Crippen LogP contribution in [0.3, 0.4) is 0 Å². The molecular formula is C9H13NO3. The van der Waals surface area contributed by atoms with Gasteiger partial charge in [0, 0.05) is 12.1 Å². The smallest absolute Gasteiger partial charge is 0.203 e. The van der Waals surface area contributed by atoms with E-state index in [0.29, 0.717) is 5.70 Å². The molecule has 1 heterocycles. The molecule has 1 rings (SSSR count). The molecule has 72 valence electrons. The van der Waals surface area contributed by atoms with Crippen LogP contribution < -0.4 is 0 Å². The molecule has 0 aromatic heterocycles. The zero-order valence-corrected chi connectivity index (χ0v) is 7.96. The molecule has 1 aliphatic rings. The van der Waals surface area contributed by atoms with Gasteiger partial charge in [-0.2, -0.15) is 0 Å². The van der Waals surface area contributed by atoms with Gasteiger partial charge >= 0.3 is 0 Å². The van der Waals surface area contributed by atoms with Crippen molar-refractivity contribution in [3.63, 3.8) is 0 Å². The fourth-order valence-corrected chi connectivity index (χ4v) is 1.19. The lowest BCUT2D eigenvalue weighted by Crippen LogP contribution is -2.16. The average molecular weight is 183 g/mol. The standard InChI is InChI=1S/C9H13NO3/c1-5-4-8(11)9(12)7(3)10(13)6(5)2/h12-13H,4H2,1-3H3. The Morgan fingerprint density at radius 3 is 2.31 bits per heavy atom. The van der Waals surface area contributed by atoms with Gasteiger partial charge in [0.25, 0.3) is 0 Å². The molecule has 0 spiro atoms. The number of aliphatic hydroxyl groups excluding tert-OH is 1. The molecule has 0 bridgehead atoms. The quantitative estimate of drug-likeness (QED) is 0.600. The lowest BCUT2D eigenvalue weighted by molar-refractivity contribution is -0.117. The summed E-state index contributed by atoms with van der Waals surface area (Å²) in [6.45, 7) is 4.95. The third-order valence-corrected chi connectivity index (χ3v) is 2.29. The Morgan fingerprint density at radius 2 is 1.77 bits per heavy atom. The van der Waals surface area contributed by atoms with Crippen molar-refractivity contribution in [1.82, 2.24) is 5.06 Å². The second kappa shape index (κ2) is 3.22. The molecule has 0 amide bonds. The summed E-state index contributed by atoms with van der Waals surface area (Å²) >= 11 is 0. The number of hydrogen-bond donors (Lipinski definition) is 2. The van der Waals surface area contributed by atoms with Crippen LogP contribution in [0.2, 0.25) is 0 Å². The van der Waals surface area contributed by atoms with Crippen molar-refractivity contribution in [3.8, 4) is 0 Å². The fraction of sp³-hybridized carbons (Fsp3) is 0.444. The summed E-state index contributed by atoms with van der Waals surface area (Å²) in [6.07, 6.45) is 0.159. The van der Waals surface area contributed by atoms with E-state index in [9.17, 15) is 15.1 Å². The second-order valence-electron chi connectivity index (χ2n) is 3.21. The molecular weight excluding hydrogens is 170 g/mol. The molecule has 0 fully saturated rings. The number of aliphatic hydroxyl groups is 1. The fourth-order valence-electron chi connectivity index (χ4n) is 1.19. The Hall–Kier alpha value is -1.29. The van der Waals surface area contributed by atoms with Crippen molar-refractivity contribution >= 4 is 5.78 Å². The third-order valence-electron chi connectivity index (χ3n) is 2.29. The number of hydrogen-bond acceptors (Lipinski definition) is 4. The molecule has 0 unspecified atom stereocenters. The second-order valence-corrected chi connectivity index (χ2v) is 3.21. The van der Waals surface area contributed by atoms with Gasteiger partial charge in [0.2, 0.25) is 5.78 Å². The zero-order chi connectivity index (χ0) is 10.2. The van der Waals surface area contributed by atoms with Crippen LogP contribution in [0.5, 0.6) is 0 Å². The summed E-state index contributed by atoms with van der Waals surface area (Å²) in [5.74, 6) is -0.718. The normalized spacial score (nSPS) is 19.7. The largest absolute Gasteiger partial charge is 0.503 e. The van der Waals surface area contributed by atoms with Gasteiger partial charge in [0.15, 0.2) is 5.76 Å². The SMILES string of the molecule is CC1=C(C)N(O)C(C)=C(O)C(=O)C1. The number of carbonyl (C=O) groups is 1. The molecule has 0 atom stereocenters. The maximum atomic E-state index is 11.2. The molecule has 0 radical (unpaired) electrons. The number of allylic oxidation sites excluding steroid dienone is 4. The molecule has 4 heteroatoms. The number of carbonyl (C=O) groups excluding carboxylic acids is 1. The Balaban J connectivity index is 3.21. The molecule has 4 nitrogen and oxygen atoms in total. The van der Waals surface area contributed by atoms with Crippen molar-refractivity contribution in [2.24, 2.45) is 0 Å². The van der Waals surface area contributed by atoms with Crippen LogP contribution in [-0.2, 0) is 4.79 Å². The number of hydroxylamine groups is 2. The summed E-state index contributed by atoms with van der Waals surface area (Å²) in [5.41, 5.74) is 1.53. The van der Waals surface area contributed by atoms with Crippen LogP contribution in [-0.4, -0.2) is 21.2 Å². The van der Waals surface area contributed by atoms with Gasteiger partial charge in [-0.3, -0.25) is 10.0 Å². The Kier molecular flexibility index (Phi) is 2.43. The highest BCUT2D eigenvalue weighted by molar-refractivity contribution is 5.95. The van der Waals surface area contributed by atoms with Crippen molar-refractivity contribution in [3.05, 3.63) is 22.7 Å². The minimum Gasteiger partial charge on any atom is -0.503 e. The molecule has 0 saturated heterocycles. The van der Waals surface area contributed by atoms with Gasteiger partial charge < -0.3 is 5.11 Å². The van der Waals surface area contributed by atoms with Crippen molar-refractivity contribution in [2.75, 3.05) is 0 Å². The Labute approximate surface area is 76.7 Å². The highest BCUT2D eigenvalue weighted by Crippen LogP contribution is 2.23. The monoisotopic (exact) mass is 183 g/mol. The minimum atomic E-state index is -0.362. The van der Waals surface area contributed by atoms with E-state index in [-0.39, 0.29) is 23.7 Å². The summed E-state index contributed by atoms with van der Waals surface area (Å²) in [5, 5.41) is 19.7. The molecule has 1 aliphatic heterocycles. The zero-order valence-electron chi connectivity index (χ0n) is 7.96. The van der Waals surface area contributed by atoms with E-state index in [4.69, 9.17) is 0 Å². The first kappa shape index (κ1) is 9.80. The van der Waals surface area contributed by atoms with E-state index < -0.39 is 0 Å². The van der Waals surface area contributed by atoms with Gasteiger partial charge in [-0.1, -0.05) is 0 Å². The summed E-state index contributed by atoms with van der Waals surface area (Å²) in [4.78, 5) is 11.2. The molecule has 13 heavy (non-hydrogen) atoms. The first-order chi connectivity index (χ1) is 5.95. The maximum Gasteiger partial charge on any atom is 0.203 e. The molecule has 0 aliphatic carbocycles. The van der Waals surface area contributed by atoms with Gasteiger partial charge in [-0.05, 0) is 26.3 Å². The summed E-state index contributed by atoms with van der Waals surface area (Å²) in [7, 11) is 0. The van der Waals surface area contributed by atoms with Crippen molar-refractivity contribution in [1.29, 1.82) is 0 Å². The lowest BCUT2D eigenvalue weighted by atomic mass is 10.1. The highest BCUT2D eigenvalue weighted by atomic mass is 16.5. The van der Waals surface area contributed by atoms with Gasteiger partial charge in [-0.25, -0.2) is 5.06 Å². The van der Waals surface area contributed by atoms with Crippen LogP contribution in [0, 0.1) is 0 Å². The van der Waals surface area contributed by atoms with E-state index in [1.54, 1.807) is 13.8 Å². The number of nitrogens with zero attached hydrogens (tertiary/aromatic N) is 1. The van der Waals surface area contributed by atoms with E-state index in [2.05, 4.69) is 0 Å². The maximum absolute atomic E-state index is 11.2. The van der Waals surface area contributed by atoms with E-state index in [0.717, 1.165) is 10.6 Å². The van der Waals surface area contributed by atoms with Gasteiger partial charge in [0.05, 0.1) is 5.70 Å². The topological polar surface area (TPSA) is 60.8 Å².